The first kappa shape index (κ1) is 16.8. The SMILES string of the molecule is COc1ccccc1C(=O)Nc1nc2n(n1)[C@H](c1ccccc1)CC(=O)N2. The van der Waals surface area contributed by atoms with E-state index in [-0.39, 0.29) is 24.3 Å². The first-order chi connectivity index (χ1) is 13.2. The number of methoxy groups -OCH3 is 1. The van der Waals surface area contributed by atoms with E-state index in [0.717, 1.165) is 5.56 Å². The van der Waals surface area contributed by atoms with Gasteiger partial charge in [-0.05, 0) is 17.7 Å². The maximum Gasteiger partial charge on any atom is 0.261 e. The Balaban J connectivity index is 1.63. The van der Waals surface area contributed by atoms with Crippen LogP contribution in [0.4, 0.5) is 11.9 Å². The standard InChI is InChI=1S/C19H17N5O3/c1-27-15-10-6-5-9-13(15)17(26)21-18-22-19-20-16(25)11-14(24(19)23-18)12-7-3-2-4-8-12/h2-10,14H,11H2,1H3,(H2,20,21,22,23,25,26)/t14-/m0/s1. The van der Waals surface area contributed by atoms with E-state index >= 15 is 0 Å². The zero-order valence-corrected chi connectivity index (χ0v) is 14.5. The molecule has 1 atom stereocenters. The van der Waals surface area contributed by atoms with Crippen molar-refractivity contribution in [3.63, 3.8) is 0 Å². The summed E-state index contributed by atoms with van der Waals surface area (Å²) in [6.45, 7) is 0. The van der Waals surface area contributed by atoms with E-state index in [0.29, 0.717) is 17.3 Å². The van der Waals surface area contributed by atoms with Crippen molar-refractivity contribution in [2.75, 3.05) is 17.7 Å². The molecule has 27 heavy (non-hydrogen) atoms. The van der Waals surface area contributed by atoms with Gasteiger partial charge in [-0.1, -0.05) is 42.5 Å². The van der Waals surface area contributed by atoms with Crippen LogP contribution in [0.15, 0.2) is 54.6 Å². The van der Waals surface area contributed by atoms with Gasteiger partial charge in [-0.2, -0.15) is 4.98 Å². The topological polar surface area (TPSA) is 98.1 Å². The van der Waals surface area contributed by atoms with Gasteiger partial charge >= 0.3 is 0 Å². The maximum absolute atomic E-state index is 12.6. The molecule has 0 saturated heterocycles. The van der Waals surface area contributed by atoms with Crippen LogP contribution < -0.4 is 15.4 Å². The Morgan fingerprint density at radius 2 is 1.93 bits per heavy atom. The molecule has 1 aliphatic rings. The number of nitrogens with one attached hydrogen (secondary N) is 2. The number of aromatic nitrogens is 3. The third-order valence-corrected chi connectivity index (χ3v) is 4.32. The summed E-state index contributed by atoms with van der Waals surface area (Å²) >= 11 is 0. The van der Waals surface area contributed by atoms with Gasteiger partial charge in [-0.25, -0.2) is 4.68 Å². The van der Waals surface area contributed by atoms with Gasteiger partial charge in [0.15, 0.2) is 0 Å². The Morgan fingerprint density at radius 3 is 2.70 bits per heavy atom. The van der Waals surface area contributed by atoms with E-state index in [2.05, 4.69) is 20.7 Å². The van der Waals surface area contributed by atoms with E-state index in [4.69, 9.17) is 4.74 Å². The molecule has 0 aliphatic carbocycles. The lowest BCUT2D eigenvalue weighted by molar-refractivity contribution is -0.117. The molecule has 0 unspecified atom stereocenters. The van der Waals surface area contributed by atoms with Crippen LogP contribution in [0.2, 0.25) is 0 Å². The molecule has 2 aromatic carbocycles. The van der Waals surface area contributed by atoms with Crippen molar-refractivity contribution in [1.29, 1.82) is 0 Å². The zero-order chi connectivity index (χ0) is 18.8. The smallest absolute Gasteiger partial charge is 0.261 e. The van der Waals surface area contributed by atoms with Crippen molar-refractivity contribution in [2.45, 2.75) is 12.5 Å². The van der Waals surface area contributed by atoms with Crippen molar-refractivity contribution < 1.29 is 14.3 Å². The number of hydrogen-bond donors (Lipinski definition) is 2. The molecule has 2 heterocycles. The fourth-order valence-corrected chi connectivity index (χ4v) is 3.05. The largest absolute Gasteiger partial charge is 0.496 e. The monoisotopic (exact) mass is 363 g/mol. The quantitative estimate of drug-likeness (QED) is 0.742. The van der Waals surface area contributed by atoms with Gasteiger partial charge in [0.2, 0.25) is 11.9 Å². The first-order valence-corrected chi connectivity index (χ1v) is 8.41. The number of ether oxygens (including phenoxy) is 1. The molecule has 1 aliphatic heterocycles. The van der Waals surface area contributed by atoms with Gasteiger partial charge in [0.25, 0.3) is 11.9 Å². The van der Waals surface area contributed by atoms with Crippen molar-refractivity contribution in [3.05, 3.63) is 65.7 Å². The Hall–Kier alpha value is -3.68. The van der Waals surface area contributed by atoms with Gasteiger partial charge in [0, 0.05) is 0 Å². The van der Waals surface area contributed by atoms with Crippen molar-refractivity contribution >= 4 is 23.7 Å². The number of rotatable bonds is 4. The lowest BCUT2D eigenvalue weighted by atomic mass is 10.0. The minimum Gasteiger partial charge on any atom is -0.496 e. The first-order valence-electron chi connectivity index (χ1n) is 8.41. The molecule has 4 rings (SSSR count). The molecular weight excluding hydrogens is 346 g/mol. The number of hydrogen-bond acceptors (Lipinski definition) is 5. The Kier molecular flexibility index (Phi) is 4.29. The van der Waals surface area contributed by atoms with Crippen LogP contribution in [0.25, 0.3) is 0 Å². The fraction of sp³-hybridized carbons (Fsp3) is 0.158. The Labute approximate surface area is 155 Å². The van der Waals surface area contributed by atoms with E-state index < -0.39 is 5.91 Å². The third-order valence-electron chi connectivity index (χ3n) is 4.32. The summed E-state index contributed by atoms with van der Waals surface area (Å²) in [5.41, 5.74) is 1.32. The van der Waals surface area contributed by atoms with Crippen LogP contribution in [-0.4, -0.2) is 33.7 Å². The van der Waals surface area contributed by atoms with E-state index in [1.54, 1.807) is 28.9 Å². The zero-order valence-electron chi connectivity index (χ0n) is 14.5. The molecule has 136 valence electrons. The summed E-state index contributed by atoms with van der Waals surface area (Å²) in [6.07, 6.45) is 0.250. The van der Waals surface area contributed by atoms with Crippen molar-refractivity contribution in [2.24, 2.45) is 0 Å². The number of carbonyl (C=O) groups excluding carboxylic acids is 2. The van der Waals surface area contributed by atoms with Crippen LogP contribution in [0.5, 0.6) is 5.75 Å². The number of fused-ring (bicyclic) bond motifs is 1. The molecule has 0 fully saturated rings. The highest BCUT2D eigenvalue weighted by molar-refractivity contribution is 6.05. The highest BCUT2D eigenvalue weighted by Crippen LogP contribution is 2.29. The fourth-order valence-electron chi connectivity index (χ4n) is 3.05. The maximum atomic E-state index is 12.6. The summed E-state index contributed by atoms with van der Waals surface area (Å²) in [5.74, 6) is 0.332. The van der Waals surface area contributed by atoms with E-state index in [1.165, 1.54) is 7.11 Å². The number of carbonyl (C=O) groups is 2. The number of para-hydroxylation sites is 1. The summed E-state index contributed by atoms with van der Waals surface area (Å²) in [7, 11) is 1.50. The summed E-state index contributed by atoms with van der Waals surface area (Å²) < 4.78 is 6.83. The van der Waals surface area contributed by atoms with Gasteiger partial charge in [-0.3, -0.25) is 20.2 Å². The predicted molar refractivity (Wildman–Crippen MR) is 98.8 cm³/mol. The third kappa shape index (κ3) is 3.24. The highest BCUT2D eigenvalue weighted by atomic mass is 16.5. The van der Waals surface area contributed by atoms with Gasteiger partial charge in [-0.15, -0.1) is 5.10 Å². The molecule has 3 aromatic rings. The minimum atomic E-state index is -0.391. The average Bonchev–Trinajstić information content (AvgIpc) is 3.09. The number of nitrogens with zero attached hydrogens (tertiary/aromatic N) is 3. The summed E-state index contributed by atoms with van der Waals surface area (Å²) in [5, 5.41) is 9.74. The molecule has 0 radical (unpaired) electrons. The van der Waals surface area contributed by atoms with E-state index in [9.17, 15) is 9.59 Å². The Morgan fingerprint density at radius 1 is 1.19 bits per heavy atom. The van der Waals surface area contributed by atoms with Crippen LogP contribution in [0, 0.1) is 0 Å². The van der Waals surface area contributed by atoms with Crippen LogP contribution in [0.1, 0.15) is 28.4 Å². The number of amides is 2. The lowest BCUT2D eigenvalue weighted by Crippen LogP contribution is -2.29. The molecule has 0 saturated carbocycles. The van der Waals surface area contributed by atoms with Gasteiger partial charge in [0.05, 0.1) is 25.1 Å². The normalized spacial score (nSPS) is 15.6. The predicted octanol–water partition coefficient (Wildman–Crippen LogP) is 2.47. The minimum absolute atomic E-state index is 0.115. The molecular formula is C19H17N5O3. The van der Waals surface area contributed by atoms with Crippen LogP contribution in [-0.2, 0) is 4.79 Å². The average molecular weight is 363 g/mol. The van der Waals surface area contributed by atoms with Crippen molar-refractivity contribution in [1.82, 2.24) is 14.8 Å². The van der Waals surface area contributed by atoms with Crippen molar-refractivity contribution in [3.8, 4) is 5.75 Å². The van der Waals surface area contributed by atoms with Gasteiger partial charge in [0.1, 0.15) is 5.75 Å². The number of benzene rings is 2. The highest BCUT2D eigenvalue weighted by Gasteiger charge is 2.29. The lowest BCUT2D eigenvalue weighted by Gasteiger charge is -2.23. The molecule has 0 spiro atoms. The Bertz CT molecular complexity index is 1000. The molecule has 8 nitrogen and oxygen atoms in total. The molecule has 2 N–H and O–H groups in total. The molecule has 1 aromatic heterocycles. The molecule has 2 amide bonds. The summed E-state index contributed by atoms with van der Waals surface area (Å²) in [4.78, 5) is 28.8. The molecule has 0 bridgehead atoms. The second-order valence-electron chi connectivity index (χ2n) is 6.04. The summed E-state index contributed by atoms with van der Waals surface area (Å²) in [6, 6.07) is 16.2. The number of anilines is 2. The second kappa shape index (κ2) is 6.91. The molecule has 8 heteroatoms. The second-order valence-corrected chi connectivity index (χ2v) is 6.04. The van der Waals surface area contributed by atoms with Crippen LogP contribution >= 0.6 is 0 Å². The van der Waals surface area contributed by atoms with Crippen LogP contribution in [0.3, 0.4) is 0 Å². The van der Waals surface area contributed by atoms with E-state index in [1.807, 2.05) is 30.3 Å². The van der Waals surface area contributed by atoms with Gasteiger partial charge < -0.3 is 4.74 Å².